The number of carbonyl (C=O) groups excluding carboxylic acids is 1. The molecule has 1 aromatic rings. The molecule has 0 unspecified atom stereocenters. The predicted molar refractivity (Wildman–Crippen MR) is 76.3 cm³/mol. The Hall–Kier alpha value is -1.69. The zero-order chi connectivity index (χ0) is 15.3. The average Bonchev–Trinajstić information content (AvgIpc) is 2.84. The number of aliphatic hydroxyl groups is 1. The molecule has 1 aromatic carbocycles. The highest BCUT2D eigenvalue weighted by molar-refractivity contribution is 5.70. The van der Waals surface area contributed by atoms with Gasteiger partial charge in [-0.05, 0) is 25.5 Å². The predicted octanol–water partition coefficient (Wildman–Crippen LogP) is 1.80. The Labute approximate surface area is 124 Å². The lowest BCUT2D eigenvalue weighted by atomic mass is 10.2. The molecule has 0 radical (unpaired) electrons. The van der Waals surface area contributed by atoms with Crippen molar-refractivity contribution >= 4 is 6.29 Å². The third kappa shape index (κ3) is 4.67. The van der Waals surface area contributed by atoms with Crippen LogP contribution in [0.25, 0.3) is 0 Å². The highest BCUT2D eigenvalue weighted by Gasteiger charge is 2.36. The van der Waals surface area contributed by atoms with Gasteiger partial charge in [-0.3, -0.25) is 4.79 Å². The van der Waals surface area contributed by atoms with E-state index in [-0.39, 0.29) is 19.0 Å². The molecule has 2 rings (SSSR count). The number of hydrogen-bond acceptors (Lipinski definition) is 5. The number of carbonyl (C=O) groups is 1. The van der Waals surface area contributed by atoms with Crippen LogP contribution in [-0.4, -0.2) is 36.0 Å². The van der Waals surface area contributed by atoms with Gasteiger partial charge < -0.3 is 19.3 Å². The van der Waals surface area contributed by atoms with Crippen molar-refractivity contribution in [3.63, 3.8) is 0 Å². The van der Waals surface area contributed by atoms with Crippen molar-refractivity contribution in [2.45, 2.75) is 38.4 Å². The van der Waals surface area contributed by atoms with E-state index in [2.05, 4.69) is 0 Å². The van der Waals surface area contributed by atoms with Gasteiger partial charge in [-0.15, -0.1) is 0 Å². The van der Waals surface area contributed by atoms with Crippen LogP contribution in [0.4, 0.5) is 0 Å². The first kappa shape index (κ1) is 15.7. The van der Waals surface area contributed by atoms with Crippen LogP contribution < -0.4 is 0 Å². The molecule has 5 heteroatoms. The van der Waals surface area contributed by atoms with Gasteiger partial charge in [-0.25, -0.2) is 0 Å². The first-order chi connectivity index (χ1) is 10.00. The third-order valence-electron chi connectivity index (χ3n) is 3.11. The fourth-order valence-electron chi connectivity index (χ4n) is 2.02. The Kier molecular flexibility index (Phi) is 5.12. The monoisotopic (exact) mass is 292 g/mol. The Morgan fingerprint density at radius 2 is 2.19 bits per heavy atom. The smallest absolute Gasteiger partial charge is 0.184 e. The molecule has 21 heavy (non-hydrogen) atoms. The number of benzene rings is 1. The summed E-state index contributed by atoms with van der Waals surface area (Å²) in [5, 5.41) is 10.1. The van der Waals surface area contributed by atoms with Gasteiger partial charge in [0.05, 0.1) is 6.61 Å². The van der Waals surface area contributed by atoms with E-state index in [1.54, 1.807) is 13.8 Å². The van der Waals surface area contributed by atoms with Crippen LogP contribution in [0.3, 0.4) is 0 Å². The minimum atomic E-state index is -0.956. The van der Waals surface area contributed by atoms with Gasteiger partial charge in [0.25, 0.3) is 0 Å². The number of ether oxygens (including phenoxy) is 3. The summed E-state index contributed by atoms with van der Waals surface area (Å²) < 4.78 is 16.3. The van der Waals surface area contributed by atoms with Gasteiger partial charge in [0.1, 0.15) is 18.8 Å². The molecule has 5 nitrogen and oxygen atoms in total. The van der Waals surface area contributed by atoms with Crippen LogP contribution in [0.1, 0.15) is 19.4 Å². The molecule has 0 bridgehead atoms. The van der Waals surface area contributed by atoms with E-state index in [1.165, 1.54) is 6.08 Å². The standard InChI is InChI=1S/C16H20O5/c1-16(2)20-11-15(21-16)14(18)8-13(9-17)19-10-12-6-4-3-5-7-12/h3-9,14-15,18H,10-11H2,1-2H3/b13-8-/t14-,15+/m0/s1. The molecular weight excluding hydrogens is 272 g/mol. The SMILES string of the molecule is CC1(C)OC[C@H]([C@@H](O)/C=C(/C=O)OCc2ccccc2)O1. The van der Waals surface area contributed by atoms with E-state index in [0.29, 0.717) is 6.29 Å². The maximum atomic E-state index is 11.0. The molecule has 1 saturated heterocycles. The second-order valence-electron chi connectivity index (χ2n) is 5.32. The number of aliphatic hydroxyl groups excluding tert-OH is 1. The molecule has 1 aliphatic heterocycles. The van der Waals surface area contributed by atoms with E-state index in [0.717, 1.165) is 5.56 Å². The topological polar surface area (TPSA) is 65.0 Å². The van der Waals surface area contributed by atoms with Crippen LogP contribution in [0.5, 0.6) is 0 Å². The second-order valence-corrected chi connectivity index (χ2v) is 5.32. The molecule has 2 atom stereocenters. The van der Waals surface area contributed by atoms with Crippen molar-refractivity contribution in [2.75, 3.05) is 6.61 Å². The average molecular weight is 292 g/mol. The minimum absolute atomic E-state index is 0.0830. The van der Waals surface area contributed by atoms with Gasteiger partial charge in [-0.1, -0.05) is 30.3 Å². The van der Waals surface area contributed by atoms with Crippen molar-refractivity contribution in [1.29, 1.82) is 0 Å². The molecule has 1 N–H and O–H groups in total. The first-order valence-corrected chi connectivity index (χ1v) is 6.84. The fraction of sp³-hybridized carbons (Fsp3) is 0.438. The molecular formula is C16H20O5. The molecule has 1 fully saturated rings. The Balaban J connectivity index is 1.92. The van der Waals surface area contributed by atoms with Crippen molar-refractivity contribution in [1.82, 2.24) is 0 Å². The number of allylic oxidation sites excluding steroid dienone is 1. The van der Waals surface area contributed by atoms with Crippen LogP contribution in [-0.2, 0) is 25.6 Å². The van der Waals surface area contributed by atoms with Crippen LogP contribution in [0.2, 0.25) is 0 Å². The molecule has 0 spiro atoms. The van der Waals surface area contributed by atoms with Crippen LogP contribution >= 0.6 is 0 Å². The van der Waals surface area contributed by atoms with Gasteiger partial charge in [0, 0.05) is 0 Å². The van der Waals surface area contributed by atoms with Gasteiger partial charge in [0.15, 0.2) is 17.8 Å². The van der Waals surface area contributed by atoms with Crippen molar-refractivity contribution < 1.29 is 24.1 Å². The Bertz CT molecular complexity index is 495. The minimum Gasteiger partial charge on any atom is -0.486 e. The Morgan fingerprint density at radius 3 is 2.76 bits per heavy atom. The summed E-state index contributed by atoms with van der Waals surface area (Å²) in [5.41, 5.74) is 0.946. The summed E-state index contributed by atoms with van der Waals surface area (Å²) in [5.74, 6) is -0.634. The van der Waals surface area contributed by atoms with Crippen molar-refractivity contribution in [3.8, 4) is 0 Å². The normalized spacial score (nSPS) is 22.8. The van der Waals surface area contributed by atoms with E-state index >= 15 is 0 Å². The molecule has 0 amide bonds. The lowest BCUT2D eigenvalue weighted by Crippen LogP contribution is -2.29. The lowest BCUT2D eigenvalue weighted by molar-refractivity contribution is -0.147. The lowest BCUT2D eigenvalue weighted by Gasteiger charge is -2.19. The van der Waals surface area contributed by atoms with E-state index in [9.17, 15) is 9.90 Å². The molecule has 114 valence electrons. The van der Waals surface area contributed by atoms with Gasteiger partial charge >= 0.3 is 0 Å². The van der Waals surface area contributed by atoms with Crippen LogP contribution in [0, 0.1) is 0 Å². The third-order valence-corrected chi connectivity index (χ3v) is 3.11. The van der Waals surface area contributed by atoms with Crippen molar-refractivity contribution in [3.05, 3.63) is 47.7 Å². The summed E-state index contributed by atoms with van der Waals surface area (Å²) in [6, 6.07) is 9.49. The van der Waals surface area contributed by atoms with E-state index < -0.39 is 18.0 Å². The molecule has 1 heterocycles. The van der Waals surface area contributed by atoms with E-state index in [4.69, 9.17) is 14.2 Å². The molecule has 0 aromatic heterocycles. The molecule has 1 aliphatic rings. The number of aldehydes is 1. The summed E-state index contributed by atoms with van der Waals surface area (Å²) in [6.07, 6.45) is 0.469. The summed E-state index contributed by atoms with van der Waals surface area (Å²) in [4.78, 5) is 11.0. The highest BCUT2D eigenvalue weighted by atomic mass is 16.7. The molecule has 0 saturated carbocycles. The van der Waals surface area contributed by atoms with Gasteiger partial charge in [-0.2, -0.15) is 0 Å². The van der Waals surface area contributed by atoms with Gasteiger partial charge in [0.2, 0.25) is 0 Å². The number of rotatable bonds is 6. The highest BCUT2D eigenvalue weighted by Crippen LogP contribution is 2.24. The second kappa shape index (κ2) is 6.85. The molecule has 0 aliphatic carbocycles. The number of hydrogen-bond donors (Lipinski definition) is 1. The summed E-state index contributed by atoms with van der Waals surface area (Å²) in [7, 11) is 0. The quantitative estimate of drug-likeness (QED) is 0.492. The summed E-state index contributed by atoms with van der Waals surface area (Å²) in [6.45, 7) is 4.09. The van der Waals surface area contributed by atoms with E-state index in [1.807, 2.05) is 30.3 Å². The largest absolute Gasteiger partial charge is 0.486 e. The van der Waals surface area contributed by atoms with Crippen LogP contribution in [0.15, 0.2) is 42.2 Å². The van der Waals surface area contributed by atoms with Crippen molar-refractivity contribution in [2.24, 2.45) is 0 Å². The summed E-state index contributed by atoms with van der Waals surface area (Å²) >= 11 is 0. The zero-order valence-corrected chi connectivity index (χ0v) is 12.2. The maximum Gasteiger partial charge on any atom is 0.184 e. The maximum absolute atomic E-state index is 11.0. The zero-order valence-electron chi connectivity index (χ0n) is 12.2. The fourth-order valence-corrected chi connectivity index (χ4v) is 2.02. The Morgan fingerprint density at radius 1 is 1.48 bits per heavy atom. The first-order valence-electron chi connectivity index (χ1n) is 6.84.